The monoisotopic (exact) mass is 281 g/mol. The number of nitrogens with one attached hydrogen (secondary N) is 1. The van der Waals surface area contributed by atoms with Crippen LogP contribution in [0.15, 0.2) is 22.7 Å². The van der Waals surface area contributed by atoms with Crippen LogP contribution in [0.3, 0.4) is 0 Å². The van der Waals surface area contributed by atoms with Crippen molar-refractivity contribution in [3.63, 3.8) is 0 Å². The van der Waals surface area contributed by atoms with Crippen molar-refractivity contribution in [1.82, 2.24) is 5.32 Å². The molecule has 1 N–H and O–H groups in total. The molecule has 1 aromatic carbocycles. The van der Waals surface area contributed by atoms with Crippen LogP contribution in [0.25, 0.3) is 0 Å². The zero-order valence-corrected chi connectivity index (χ0v) is 11.0. The summed E-state index contributed by atoms with van der Waals surface area (Å²) in [5.41, 5.74) is 1.84. The quantitative estimate of drug-likeness (QED) is 0.902. The van der Waals surface area contributed by atoms with Crippen LogP contribution in [0.4, 0.5) is 0 Å². The summed E-state index contributed by atoms with van der Waals surface area (Å²) in [6, 6.07) is 5.78. The maximum absolute atomic E-state index is 11.8. The van der Waals surface area contributed by atoms with Crippen molar-refractivity contribution < 1.29 is 4.79 Å². The largest absolute Gasteiger partial charge is 0.352 e. The van der Waals surface area contributed by atoms with E-state index in [1.54, 1.807) is 0 Å². The Kier molecular flexibility index (Phi) is 3.64. The highest BCUT2D eigenvalue weighted by Gasteiger charge is 2.20. The lowest BCUT2D eigenvalue weighted by molar-refractivity contribution is 0.0952. The van der Waals surface area contributed by atoms with E-state index in [0.717, 1.165) is 34.5 Å². The van der Waals surface area contributed by atoms with E-state index in [4.69, 9.17) is 0 Å². The molecule has 0 unspecified atom stereocenters. The molecule has 2 nitrogen and oxygen atoms in total. The highest BCUT2D eigenvalue weighted by atomic mass is 79.9. The van der Waals surface area contributed by atoms with E-state index >= 15 is 0 Å². The lowest BCUT2D eigenvalue weighted by atomic mass is 10.1. The van der Waals surface area contributed by atoms with Gasteiger partial charge in [0.25, 0.3) is 5.91 Å². The zero-order chi connectivity index (χ0) is 11.5. The first kappa shape index (κ1) is 11.6. The standard InChI is InChI=1S/C13H16BrNO/c1-9-6-11(8-12(14)7-9)13(16)15-5-4-10-2-3-10/h6-8,10H,2-5H2,1H3,(H,15,16). The van der Waals surface area contributed by atoms with Gasteiger partial charge in [-0.15, -0.1) is 0 Å². The van der Waals surface area contributed by atoms with Crippen molar-refractivity contribution in [3.8, 4) is 0 Å². The first-order valence-corrected chi connectivity index (χ1v) is 6.50. The molecule has 1 aliphatic carbocycles. The first-order chi connectivity index (χ1) is 7.65. The average molecular weight is 282 g/mol. The predicted octanol–water partition coefficient (Wildman–Crippen LogP) is 3.29. The number of benzene rings is 1. The second-order valence-corrected chi connectivity index (χ2v) is 5.42. The Hall–Kier alpha value is -0.830. The summed E-state index contributed by atoms with van der Waals surface area (Å²) in [5.74, 6) is 0.898. The Balaban J connectivity index is 1.91. The van der Waals surface area contributed by atoms with Crippen molar-refractivity contribution in [3.05, 3.63) is 33.8 Å². The Bertz CT molecular complexity index is 379. The minimum atomic E-state index is 0.0325. The van der Waals surface area contributed by atoms with Crippen molar-refractivity contribution in [2.75, 3.05) is 6.54 Å². The molecule has 1 aliphatic rings. The van der Waals surface area contributed by atoms with E-state index in [1.807, 2.05) is 25.1 Å². The number of carbonyl (C=O) groups excluding carboxylic acids is 1. The van der Waals surface area contributed by atoms with Gasteiger partial charge in [0.05, 0.1) is 0 Å². The van der Waals surface area contributed by atoms with Gasteiger partial charge in [0, 0.05) is 16.6 Å². The van der Waals surface area contributed by atoms with Crippen LogP contribution in [0.5, 0.6) is 0 Å². The van der Waals surface area contributed by atoms with Crippen molar-refractivity contribution in [2.45, 2.75) is 26.2 Å². The zero-order valence-electron chi connectivity index (χ0n) is 9.42. The second-order valence-electron chi connectivity index (χ2n) is 4.51. The van der Waals surface area contributed by atoms with E-state index in [-0.39, 0.29) is 5.91 Å². The van der Waals surface area contributed by atoms with E-state index in [2.05, 4.69) is 21.2 Å². The Morgan fingerprint density at radius 3 is 2.81 bits per heavy atom. The first-order valence-electron chi connectivity index (χ1n) is 5.70. The van der Waals surface area contributed by atoms with Gasteiger partial charge in [-0.2, -0.15) is 0 Å². The molecule has 0 spiro atoms. The smallest absolute Gasteiger partial charge is 0.251 e. The fourth-order valence-corrected chi connectivity index (χ4v) is 2.37. The maximum atomic E-state index is 11.8. The normalized spacial score (nSPS) is 14.9. The van der Waals surface area contributed by atoms with Gasteiger partial charge in [0.1, 0.15) is 0 Å². The van der Waals surface area contributed by atoms with Crippen LogP contribution in [0.2, 0.25) is 0 Å². The molecule has 0 aliphatic heterocycles. The molecular weight excluding hydrogens is 266 g/mol. The summed E-state index contributed by atoms with van der Waals surface area (Å²) in [4.78, 5) is 11.8. The number of aryl methyl sites for hydroxylation is 1. The molecule has 0 aromatic heterocycles. The number of rotatable bonds is 4. The van der Waals surface area contributed by atoms with Crippen LogP contribution in [-0.4, -0.2) is 12.5 Å². The Morgan fingerprint density at radius 2 is 2.19 bits per heavy atom. The van der Waals surface area contributed by atoms with Gasteiger partial charge in [0.15, 0.2) is 0 Å². The molecule has 86 valence electrons. The molecule has 0 saturated heterocycles. The third-order valence-electron chi connectivity index (χ3n) is 2.84. The fourth-order valence-electron chi connectivity index (χ4n) is 1.77. The van der Waals surface area contributed by atoms with Crippen LogP contribution in [-0.2, 0) is 0 Å². The van der Waals surface area contributed by atoms with Crippen LogP contribution < -0.4 is 5.32 Å². The summed E-state index contributed by atoms with van der Waals surface area (Å²) in [7, 11) is 0. The summed E-state index contributed by atoms with van der Waals surface area (Å²) >= 11 is 3.40. The van der Waals surface area contributed by atoms with Gasteiger partial charge < -0.3 is 5.32 Å². The average Bonchev–Trinajstić information content (AvgIpc) is 3.00. The predicted molar refractivity (Wildman–Crippen MR) is 68.6 cm³/mol. The molecule has 1 fully saturated rings. The van der Waals surface area contributed by atoms with Gasteiger partial charge in [0.2, 0.25) is 0 Å². The number of hydrogen-bond donors (Lipinski definition) is 1. The van der Waals surface area contributed by atoms with Crippen LogP contribution >= 0.6 is 15.9 Å². The van der Waals surface area contributed by atoms with Crippen molar-refractivity contribution >= 4 is 21.8 Å². The van der Waals surface area contributed by atoms with E-state index in [9.17, 15) is 4.79 Å². The van der Waals surface area contributed by atoms with E-state index in [1.165, 1.54) is 12.8 Å². The van der Waals surface area contributed by atoms with Gasteiger partial charge in [-0.3, -0.25) is 4.79 Å². The minimum absolute atomic E-state index is 0.0325. The lowest BCUT2D eigenvalue weighted by Crippen LogP contribution is -2.24. The summed E-state index contributed by atoms with van der Waals surface area (Å²) in [6.07, 6.45) is 3.80. The SMILES string of the molecule is Cc1cc(Br)cc(C(=O)NCCC2CC2)c1. The Labute approximate surface area is 105 Å². The topological polar surface area (TPSA) is 29.1 Å². The molecule has 0 radical (unpaired) electrons. The summed E-state index contributed by atoms with van der Waals surface area (Å²) in [5, 5.41) is 2.96. The Morgan fingerprint density at radius 1 is 1.44 bits per heavy atom. The number of hydrogen-bond acceptors (Lipinski definition) is 1. The van der Waals surface area contributed by atoms with Crippen LogP contribution in [0, 0.1) is 12.8 Å². The van der Waals surface area contributed by atoms with Gasteiger partial charge in [-0.25, -0.2) is 0 Å². The molecule has 1 amide bonds. The molecule has 3 heteroatoms. The third-order valence-corrected chi connectivity index (χ3v) is 3.30. The maximum Gasteiger partial charge on any atom is 0.251 e. The molecule has 0 heterocycles. The number of carbonyl (C=O) groups is 1. The molecule has 1 aromatic rings. The number of amides is 1. The highest BCUT2D eigenvalue weighted by Crippen LogP contribution is 2.31. The van der Waals surface area contributed by atoms with Crippen molar-refractivity contribution in [2.24, 2.45) is 5.92 Å². The molecule has 2 rings (SSSR count). The summed E-state index contributed by atoms with van der Waals surface area (Å²) in [6.45, 7) is 2.79. The van der Waals surface area contributed by atoms with Gasteiger partial charge in [-0.1, -0.05) is 28.8 Å². The molecular formula is C13H16BrNO. The molecule has 0 bridgehead atoms. The van der Waals surface area contributed by atoms with E-state index < -0.39 is 0 Å². The minimum Gasteiger partial charge on any atom is -0.352 e. The molecule has 0 atom stereocenters. The van der Waals surface area contributed by atoms with Gasteiger partial charge >= 0.3 is 0 Å². The number of halogens is 1. The highest BCUT2D eigenvalue weighted by molar-refractivity contribution is 9.10. The summed E-state index contributed by atoms with van der Waals surface area (Å²) < 4.78 is 0.958. The third kappa shape index (κ3) is 3.34. The van der Waals surface area contributed by atoms with Gasteiger partial charge in [-0.05, 0) is 43.0 Å². The van der Waals surface area contributed by atoms with Crippen molar-refractivity contribution in [1.29, 1.82) is 0 Å². The molecule has 16 heavy (non-hydrogen) atoms. The van der Waals surface area contributed by atoms with Crippen LogP contribution in [0.1, 0.15) is 35.2 Å². The lowest BCUT2D eigenvalue weighted by Gasteiger charge is -2.06. The van der Waals surface area contributed by atoms with E-state index in [0.29, 0.717) is 0 Å². The second kappa shape index (κ2) is 5.00. The molecule has 1 saturated carbocycles. The fraction of sp³-hybridized carbons (Fsp3) is 0.462.